The molecule has 1 N–H and O–H groups in total. The molecule has 0 radical (unpaired) electrons. The number of esters is 1. The maximum Gasteiger partial charge on any atom is 0.331 e. The van der Waals surface area contributed by atoms with E-state index in [0.717, 1.165) is 22.0 Å². The molecule has 1 atom stereocenters. The molecule has 4 nitrogen and oxygen atoms in total. The SMILES string of the molecule is Cc1ccccc1/C=C/C(=O)O[C@H](C)C(=O)c1c[nH]c2ccccc12. The predicted octanol–water partition coefficient (Wildman–Crippen LogP) is 4.30. The van der Waals surface area contributed by atoms with Crippen molar-refractivity contribution in [3.63, 3.8) is 0 Å². The second kappa shape index (κ2) is 7.18. The monoisotopic (exact) mass is 333 g/mol. The summed E-state index contributed by atoms with van der Waals surface area (Å²) in [6.07, 6.45) is 3.84. The van der Waals surface area contributed by atoms with Crippen LogP contribution in [-0.4, -0.2) is 22.8 Å². The highest BCUT2D eigenvalue weighted by molar-refractivity contribution is 6.10. The molecule has 1 heterocycles. The molecule has 4 heteroatoms. The summed E-state index contributed by atoms with van der Waals surface area (Å²) in [6.45, 7) is 3.55. The van der Waals surface area contributed by atoms with Gasteiger partial charge < -0.3 is 9.72 Å². The van der Waals surface area contributed by atoms with Crippen molar-refractivity contribution in [1.82, 2.24) is 4.98 Å². The van der Waals surface area contributed by atoms with E-state index in [4.69, 9.17) is 4.74 Å². The van der Waals surface area contributed by atoms with Crippen molar-refractivity contribution in [2.75, 3.05) is 0 Å². The number of ketones is 1. The van der Waals surface area contributed by atoms with Crippen LogP contribution >= 0.6 is 0 Å². The Morgan fingerprint density at radius 2 is 1.80 bits per heavy atom. The number of ether oxygens (including phenoxy) is 1. The largest absolute Gasteiger partial charge is 0.451 e. The van der Waals surface area contributed by atoms with Crippen molar-refractivity contribution < 1.29 is 14.3 Å². The van der Waals surface area contributed by atoms with Crippen LogP contribution in [0.15, 0.2) is 60.8 Å². The van der Waals surface area contributed by atoms with Gasteiger partial charge in [-0.3, -0.25) is 4.79 Å². The third-order valence-electron chi connectivity index (χ3n) is 4.10. The molecule has 0 amide bonds. The van der Waals surface area contributed by atoms with E-state index >= 15 is 0 Å². The van der Waals surface area contributed by atoms with Gasteiger partial charge in [-0.2, -0.15) is 0 Å². The highest BCUT2D eigenvalue weighted by atomic mass is 16.5. The van der Waals surface area contributed by atoms with E-state index < -0.39 is 12.1 Å². The molecule has 0 aliphatic heterocycles. The molecule has 3 aromatic rings. The van der Waals surface area contributed by atoms with E-state index in [0.29, 0.717) is 5.56 Å². The zero-order valence-corrected chi connectivity index (χ0v) is 14.2. The fourth-order valence-electron chi connectivity index (χ4n) is 2.69. The summed E-state index contributed by atoms with van der Waals surface area (Å²) < 4.78 is 5.26. The smallest absolute Gasteiger partial charge is 0.331 e. The standard InChI is InChI=1S/C21H19NO3/c1-14-7-3-4-8-16(14)11-12-20(23)25-15(2)21(24)18-13-22-19-10-6-5-9-17(18)19/h3-13,15,22H,1-2H3/b12-11+/t15-/m1/s1. The molecule has 25 heavy (non-hydrogen) atoms. The molecule has 0 bridgehead atoms. The number of hydrogen-bond donors (Lipinski definition) is 1. The van der Waals surface area contributed by atoms with Gasteiger partial charge in [-0.15, -0.1) is 0 Å². The second-order valence-corrected chi connectivity index (χ2v) is 5.88. The number of aryl methyl sites for hydroxylation is 1. The Labute approximate surface area is 146 Å². The van der Waals surface area contributed by atoms with Gasteiger partial charge in [-0.25, -0.2) is 4.79 Å². The van der Waals surface area contributed by atoms with Crippen molar-refractivity contribution in [2.24, 2.45) is 0 Å². The molecule has 0 fully saturated rings. The summed E-state index contributed by atoms with van der Waals surface area (Å²) in [5, 5.41) is 0.825. The summed E-state index contributed by atoms with van der Waals surface area (Å²) in [7, 11) is 0. The van der Waals surface area contributed by atoms with E-state index in [1.807, 2.05) is 55.5 Å². The van der Waals surface area contributed by atoms with Crippen LogP contribution in [0.5, 0.6) is 0 Å². The van der Waals surface area contributed by atoms with Gasteiger partial charge in [0.2, 0.25) is 5.78 Å². The molecule has 1 aromatic heterocycles. The maximum atomic E-state index is 12.6. The van der Waals surface area contributed by atoms with Crippen LogP contribution in [0.25, 0.3) is 17.0 Å². The number of nitrogens with one attached hydrogen (secondary N) is 1. The van der Waals surface area contributed by atoms with Crippen LogP contribution in [0, 0.1) is 6.92 Å². The van der Waals surface area contributed by atoms with Gasteiger partial charge in [0.1, 0.15) is 0 Å². The number of hydrogen-bond acceptors (Lipinski definition) is 3. The lowest BCUT2D eigenvalue weighted by Crippen LogP contribution is -2.23. The first-order valence-corrected chi connectivity index (χ1v) is 8.11. The molecule has 0 aliphatic carbocycles. The normalized spacial score (nSPS) is 12.4. The number of aromatic amines is 1. The number of Topliss-reactive ketones (excluding diaryl/α,β-unsaturated/α-hetero) is 1. The van der Waals surface area contributed by atoms with Crippen LogP contribution < -0.4 is 0 Å². The van der Waals surface area contributed by atoms with Crippen LogP contribution in [0.2, 0.25) is 0 Å². The Hall–Kier alpha value is -3.14. The number of carbonyl (C=O) groups is 2. The lowest BCUT2D eigenvalue weighted by molar-refractivity contribution is -0.140. The third-order valence-corrected chi connectivity index (χ3v) is 4.10. The van der Waals surface area contributed by atoms with E-state index in [1.54, 1.807) is 19.2 Å². The molecule has 0 saturated carbocycles. The minimum Gasteiger partial charge on any atom is -0.451 e. The quantitative estimate of drug-likeness (QED) is 0.430. The minimum absolute atomic E-state index is 0.227. The Balaban J connectivity index is 1.69. The lowest BCUT2D eigenvalue weighted by Gasteiger charge is -2.10. The summed E-state index contributed by atoms with van der Waals surface area (Å²) >= 11 is 0. The highest BCUT2D eigenvalue weighted by Gasteiger charge is 2.21. The zero-order valence-electron chi connectivity index (χ0n) is 14.2. The Kier molecular flexibility index (Phi) is 4.80. The van der Waals surface area contributed by atoms with Gasteiger partial charge in [-0.1, -0.05) is 42.5 Å². The number of benzene rings is 2. The fraction of sp³-hybridized carbons (Fsp3) is 0.143. The topological polar surface area (TPSA) is 59.2 Å². The summed E-state index contributed by atoms with van der Waals surface area (Å²) in [5.74, 6) is -0.765. The van der Waals surface area contributed by atoms with Crippen molar-refractivity contribution in [3.8, 4) is 0 Å². The number of para-hydroxylation sites is 1. The first-order chi connectivity index (χ1) is 12.1. The van der Waals surface area contributed by atoms with Crippen LogP contribution in [0.4, 0.5) is 0 Å². The average molecular weight is 333 g/mol. The first-order valence-electron chi connectivity index (χ1n) is 8.11. The van der Waals surface area contributed by atoms with E-state index in [-0.39, 0.29) is 5.78 Å². The predicted molar refractivity (Wildman–Crippen MR) is 98.4 cm³/mol. The van der Waals surface area contributed by atoms with Gasteiger partial charge in [-0.05, 0) is 37.1 Å². The van der Waals surface area contributed by atoms with Crippen molar-refractivity contribution in [3.05, 3.63) is 77.5 Å². The number of carbonyl (C=O) groups excluding carboxylic acids is 2. The van der Waals surface area contributed by atoms with Gasteiger partial charge >= 0.3 is 5.97 Å². The summed E-state index contributed by atoms with van der Waals surface area (Å²) in [4.78, 5) is 27.6. The van der Waals surface area contributed by atoms with Crippen LogP contribution in [0.1, 0.15) is 28.4 Å². The molecular weight excluding hydrogens is 314 g/mol. The number of H-pyrrole nitrogens is 1. The second-order valence-electron chi connectivity index (χ2n) is 5.88. The van der Waals surface area contributed by atoms with Crippen LogP contribution in [0.3, 0.4) is 0 Å². The first kappa shape index (κ1) is 16.7. The average Bonchev–Trinajstić information content (AvgIpc) is 3.04. The molecular formula is C21H19NO3. The van der Waals surface area contributed by atoms with Crippen molar-refractivity contribution in [2.45, 2.75) is 20.0 Å². The zero-order chi connectivity index (χ0) is 17.8. The third kappa shape index (κ3) is 3.69. The van der Waals surface area contributed by atoms with Crippen molar-refractivity contribution in [1.29, 1.82) is 0 Å². The van der Waals surface area contributed by atoms with E-state index in [1.165, 1.54) is 6.08 Å². The molecule has 0 aliphatic rings. The van der Waals surface area contributed by atoms with E-state index in [9.17, 15) is 9.59 Å². The number of rotatable bonds is 5. The minimum atomic E-state index is -0.853. The number of aromatic nitrogens is 1. The van der Waals surface area contributed by atoms with Crippen molar-refractivity contribution >= 4 is 28.7 Å². The molecule has 2 aromatic carbocycles. The molecule has 0 unspecified atom stereocenters. The van der Waals surface area contributed by atoms with Gasteiger partial charge in [0.05, 0.1) is 0 Å². The molecule has 0 spiro atoms. The molecule has 0 saturated heterocycles. The molecule has 126 valence electrons. The Bertz CT molecular complexity index is 952. The number of fused-ring (bicyclic) bond motifs is 1. The summed E-state index contributed by atoms with van der Waals surface area (Å²) in [5.41, 5.74) is 3.41. The Morgan fingerprint density at radius 3 is 2.60 bits per heavy atom. The Morgan fingerprint density at radius 1 is 1.08 bits per heavy atom. The van der Waals surface area contributed by atoms with E-state index in [2.05, 4.69) is 4.98 Å². The van der Waals surface area contributed by atoms with Gasteiger partial charge in [0, 0.05) is 28.7 Å². The fourth-order valence-corrected chi connectivity index (χ4v) is 2.69. The van der Waals surface area contributed by atoms with Gasteiger partial charge in [0.15, 0.2) is 6.10 Å². The lowest BCUT2D eigenvalue weighted by atomic mass is 10.1. The highest BCUT2D eigenvalue weighted by Crippen LogP contribution is 2.20. The van der Waals surface area contributed by atoms with Gasteiger partial charge in [0.25, 0.3) is 0 Å². The van der Waals surface area contributed by atoms with Crippen LogP contribution in [-0.2, 0) is 9.53 Å². The summed E-state index contributed by atoms with van der Waals surface area (Å²) in [6, 6.07) is 15.3. The molecule has 3 rings (SSSR count). The maximum absolute atomic E-state index is 12.6.